The molecule has 0 fully saturated rings. The van der Waals surface area contributed by atoms with Crippen molar-refractivity contribution in [3.63, 3.8) is 0 Å². The number of rotatable bonds is 2. The highest BCUT2D eigenvalue weighted by molar-refractivity contribution is 9.10. The molecule has 0 saturated carbocycles. The predicted octanol–water partition coefficient (Wildman–Crippen LogP) is 4.86. The van der Waals surface area contributed by atoms with Crippen LogP contribution in [0.3, 0.4) is 0 Å². The monoisotopic (exact) mass is 310 g/mol. The average molecular weight is 312 g/mol. The molecule has 1 heterocycles. The molecule has 0 aliphatic heterocycles. The van der Waals surface area contributed by atoms with Crippen LogP contribution >= 0.6 is 27.5 Å². The SMILES string of the molecule is Cc1cnc(Nc2ccc(Cl)cc2C)c(Br)c1. The molecule has 0 unspecified atom stereocenters. The first-order valence-corrected chi connectivity index (χ1v) is 6.38. The van der Waals surface area contributed by atoms with Gasteiger partial charge in [-0.1, -0.05) is 11.6 Å². The summed E-state index contributed by atoms with van der Waals surface area (Å²) >= 11 is 9.41. The minimum atomic E-state index is 0.740. The first-order chi connectivity index (χ1) is 8.06. The van der Waals surface area contributed by atoms with Gasteiger partial charge in [-0.25, -0.2) is 4.98 Å². The van der Waals surface area contributed by atoms with Crippen molar-refractivity contribution in [2.45, 2.75) is 13.8 Å². The predicted molar refractivity (Wildman–Crippen MR) is 76.1 cm³/mol. The summed E-state index contributed by atoms with van der Waals surface area (Å²) in [6.45, 7) is 4.02. The van der Waals surface area contributed by atoms with Crippen LogP contribution in [-0.2, 0) is 0 Å². The maximum atomic E-state index is 5.92. The Labute approximate surface area is 114 Å². The van der Waals surface area contributed by atoms with Crippen LogP contribution in [0.5, 0.6) is 0 Å². The molecule has 17 heavy (non-hydrogen) atoms. The second kappa shape index (κ2) is 5.07. The lowest BCUT2D eigenvalue weighted by atomic mass is 10.2. The van der Waals surface area contributed by atoms with Gasteiger partial charge in [0.1, 0.15) is 5.82 Å². The minimum Gasteiger partial charge on any atom is -0.339 e. The summed E-state index contributed by atoms with van der Waals surface area (Å²) in [4.78, 5) is 4.35. The van der Waals surface area contributed by atoms with E-state index in [1.807, 2.05) is 44.3 Å². The third-order valence-electron chi connectivity index (χ3n) is 2.42. The van der Waals surface area contributed by atoms with E-state index in [-0.39, 0.29) is 0 Å². The number of nitrogens with one attached hydrogen (secondary N) is 1. The Morgan fingerprint density at radius 3 is 2.65 bits per heavy atom. The summed E-state index contributed by atoms with van der Waals surface area (Å²) in [6, 6.07) is 7.76. The van der Waals surface area contributed by atoms with Gasteiger partial charge in [0, 0.05) is 16.9 Å². The Morgan fingerprint density at radius 1 is 1.24 bits per heavy atom. The van der Waals surface area contributed by atoms with Crippen LogP contribution in [0.2, 0.25) is 5.02 Å². The molecular weight excluding hydrogens is 300 g/mol. The van der Waals surface area contributed by atoms with E-state index in [0.717, 1.165) is 32.1 Å². The maximum absolute atomic E-state index is 5.92. The van der Waals surface area contributed by atoms with Gasteiger partial charge in [-0.2, -0.15) is 0 Å². The lowest BCUT2D eigenvalue weighted by Crippen LogP contribution is -1.97. The quantitative estimate of drug-likeness (QED) is 0.857. The lowest BCUT2D eigenvalue weighted by Gasteiger charge is -2.10. The van der Waals surface area contributed by atoms with Crippen LogP contribution in [0.25, 0.3) is 0 Å². The van der Waals surface area contributed by atoms with E-state index in [4.69, 9.17) is 11.6 Å². The van der Waals surface area contributed by atoms with Gasteiger partial charge in [-0.3, -0.25) is 0 Å². The summed E-state index contributed by atoms with van der Waals surface area (Å²) < 4.78 is 0.951. The van der Waals surface area contributed by atoms with Crippen molar-refractivity contribution in [2.75, 3.05) is 5.32 Å². The summed E-state index contributed by atoms with van der Waals surface area (Å²) in [7, 11) is 0. The number of benzene rings is 1. The number of hydrogen-bond donors (Lipinski definition) is 1. The number of anilines is 2. The zero-order chi connectivity index (χ0) is 12.4. The number of nitrogens with zero attached hydrogens (tertiary/aromatic N) is 1. The molecule has 88 valence electrons. The van der Waals surface area contributed by atoms with Crippen LogP contribution < -0.4 is 5.32 Å². The molecule has 0 radical (unpaired) electrons. The van der Waals surface area contributed by atoms with Crippen molar-refractivity contribution in [2.24, 2.45) is 0 Å². The molecule has 0 amide bonds. The highest BCUT2D eigenvalue weighted by Crippen LogP contribution is 2.27. The summed E-state index contributed by atoms with van der Waals surface area (Å²) in [5.74, 6) is 0.807. The van der Waals surface area contributed by atoms with E-state index in [9.17, 15) is 0 Å². The smallest absolute Gasteiger partial charge is 0.144 e. The normalized spacial score (nSPS) is 10.4. The fraction of sp³-hybridized carbons (Fsp3) is 0.154. The molecule has 2 nitrogen and oxygen atoms in total. The maximum Gasteiger partial charge on any atom is 0.144 e. The molecule has 2 aromatic rings. The molecular formula is C13H12BrClN2. The van der Waals surface area contributed by atoms with E-state index in [1.165, 1.54) is 0 Å². The van der Waals surface area contributed by atoms with Gasteiger partial charge < -0.3 is 5.32 Å². The summed E-state index contributed by atoms with van der Waals surface area (Å²) in [5, 5.41) is 4.02. The van der Waals surface area contributed by atoms with Crippen molar-refractivity contribution in [3.05, 3.63) is 51.1 Å². The van der Waals surface area contributed by atoms with Gasteiger partial charge in [-0.05, 0) is 65.2 Å². The second-order valence-electron chi connectivity index (χ2n) is 3.93. The third kappa shape index (κ3) is 2.99. The van der Waals surface area contributed by atoms with E-state index in [2.05, 4.69) is 26.2 Å². The van der Waals surface area contributed by atoms with Gasteiger partial charge in [0.05, 0.1) is 4.47 Å². The fourth-order valence-corrected chi connectivity index (χ4v) is 2.31. The summed E-state index contributed by atoms with van der Waals surface area (Å²) in [6.07, 6.45) is 1.83. The van der Waals surface area contributed by atoms with Crippen molar-refractivity contribution in [3.8, 4) is 0 Å². The van der Waals surface area contributed by atoms with Gasteiger partial charge in [0.15, 0.2) is 0 Å². The van der Waals surface area contributed by atoms with Crippen molar-refractivity contribution < 1.29 is 0 Å². The highest BCUT2D eigenvalue weighted by atomic mass is 79.9. The fourth-order valence-electron chi connectivity index (χ4n) is 1.52. The van der Waals surface area contributed by atoms with Crippen LogP contribution in [-0.4, -0.2) is 4.98 Å². The first kappa shape index (κ1) is 12.4. The molecule has 2 rings (SSSR count). The Bertz CT molecular complexity index is 506. The second-order valence-corrected chi connectivity index (χ2v) is 5.22. The van der Waals surface area contributed by atoms with Crippen molar-refractivity contribution in [1.82, 2.24) is 4.98 Å². The van der Waals surface area contributed by atoms with Crippen LogP contribution in [0, 0.1) is 13.8 Å². The Kier molecular flexibility index (Phi) is 3.69. The number of hydrogen-bond acceptors (Lipinski definition) is 2. The van der Waals surface area contributed by atoms with E-state index < -0.39 is 0 Å². The molecule has 1 N–H and O–H groups in total. The third-order valence-corrected chi connectivity index (χ3v) is 3.26. The average Bonchev–Trinajstić information content (AvgIpc) is 2.25. The molecule has 0 bridgehead atoms. The molecule has 4 heteroatoms. The molecule has 1 aromatic carbocycles. The van der Waals surface area contributed by atoms with Crippen LogP contribution in [0.15, 0.2) is 34.9 Å². The molecule has 0 aliphatic carbocycles. The van der Waals surface area contributed by atoms with Crippen molar-refractivity contribution in [1.29, 1.82) is 0 Å². The van der Waals surface area contributed by atoms with Gasteiger partial charge in [0.25, 0.3) is 0 Å². The van der Waals surface area contributed by atoms with Gasteiger partial charge >= 0.3 is 0 Å². The highest BCUT2D eigenvalue weighted by Gasteiger charge is 2.04. The van der Waals surface area contributed by atoms with E-state index in [1.54, 1.807) is 0 Å². The molecule has 0 aliphatic rings. The number of pyridine rings is 1. The number of aryl methyl sites for hydroxylation is 2. The zero-order valence-corrected chi connectivity index (χ0v) is 11.9. The van der Waals surface area contributed by atoms with Crippen LogP contribution in [0.1, 0.15) is 11.1 Å². The zero-order valence-electron chi connectivity index (χ0n) is 9.59. The first-order valence-electron chi connectivity index (χ1n) is 5.21. The molecule has 1 aromatic heterocycles. The topological polar surface area (TPSA) is 24.9 Å². The standard InChI is InChI=1S/C13H12BrClN2/c1-8-5-11(14)13(16-7-8)17-12-4-3-10(15)6-9(12)2/h3-7H,1-2H3,(H,16,17). The minimum absolute atomic E-state index is 0.740. The van der Waals surface area contributed by atoms with Gasteiger partial charge in [-0.15, -0.1) is 0 Å². The van der Waals surface area contributed by atoms with E-state index >= 15 is 0 Å². The van der Waals surface area contributed by atoms with Crippen LogP contribution in [0.4, 0.5) is 11.5 Å². The van der Waals surface area contributed by atoms with E-state index in [0.29, 0.717) is 0 Å². The number of aromatic nitrogens is 1. The molecule has 0 spiro atoms. The Hall–Kier alpha value is -1.06. The molecule has 0 saturated heterocycles. The van der Waals surface area contributed by atoms with Crippen molar-refractivity contribution >= 4 is 39.0 Å². The Morgan fingerprint density at radius 2 is 2.00 bits per heavy atom. The molecule has 0 atom stereocenters. The largest absolute Gasteiger partial charge is 0.339 e. The summed E-state index contributed by atoms with van der Waals surface area (Å²) in [5.41, 5.74) is 3.22. The lowest BCUT2D eigenvalue weighted by molar-refractivity contribution is 1.24. The Balaban J connectivity index is 2.31. The van der Waals surface area contributed by atoms with Gasteiger partial charge in [0.2, 0.25) is 0 Å². The number of halogens is 2.